The number of phenols is 2. The summed E-state index contributed by atoms with van der Waals surface area (Å²) >= 11 is 0. The van der Waals surface area contributed by atoms with E-state index in [0.717, 1.165) is 5.39 Å². The van der Waals surface area contributed by atoms with Gasteiger partial charge in [-0.3, -0.25) is 0 Å². The van der Waals surface area contributed by atoms with E-state index in [9.17, 15) is 10.2 Å². The minimum atomic E-state index is 0.0156. The van der Waals surface area contributed by atoms with Crippen molar-refractivity contribution in [3.8, 4) is 34.3 Å². The molecule has 0 bridgehead atoms. The zero-order valence-corrected chi connectivity index (χ0v) is 13.4. The lowest BCUT2D eigenvalue weighted by Crippen LogP contribution is -1.94. The molecule has 5 nitrogen and oxygen atoms in total. The molecule has 5 heteroatoms. The van der Waals surface area contributed by atoms with Gasteiger partial charge in [0, 0.05) is 22.1 Å². The number of benzene rings is 2. The molecule has 23 heavy (non-hydrogen) atoms. The molecule has 120 valence electrons. The summed E-state index contributed by atoms with van der Waals surface area (Å²) in [6, 6.07) is 7.06. The molecule has 0 saturated carbocycles. The summed E-state index contributed by atoms with van der Waals surface area (Å²) in [5.74, 6) is 1.50. The van der Waals surface area contributed by atoms with Crippen LogP contribution in [0.1, 0.15) is 11.1 Å². The van der Waals surface area contributed by atoms with Crippen LogP contribution in [0.15, 0.2) is 28.7 Å². The van der Waals surface area contributed by atoms with Crippen LogP contribution >= 0.6 is 0 Å². The van der Waals surface area contributed by atoms with E-state index in [2.05, 4.69) is 0 Å². The Hall–Kier alpha value is -2.82. The van der Waals surface area contributed by atoms with E-state index >= 15 is 0 Å². The number of methoxy groups -OCH3 is 2. The van der Waals surface area contributed by atoms with Crippen LogP contribution in [0.4, 0.5) is 0 Å². The van der Waals surface area contributed by atoms with E-state index in [1.54, 1.807) is 32.0 Å². The fourth-order valence-corrected chi connectivity index (χ4v) is 2.69. The molecule has 0 aliphatic carbocycles. The smallest absolute Gasteiger partial charge is 0.203 e. The Balaban J connectivity index is 2.26. The van der Waals surface area contributed by atoms with E-state index < -0.39 is 0 Å². The van der Waals surface area contributed by atoms with Gasteiger partial charge in [0.2, 0.25) is 5.75 Å². The molecular formula is C18H18O5. The predicted octanol–water partition coefficient (Wildman–Crippen LogP) is 4.15. The highest BCUT2D eigenvalue weighted by Gasteiger charge is 2.20. The summed E-state index contributed by atoms with van der Waals surface area (Å²) in [4.78, 5) is 0. The molecule has 0 atom stereocenters. The monoisotopic (exact) mass is 314 g/mol. The molecule has 3 aromatic rings. The Kier molecular flexibility index (Phi) is 3.56. The summed E-state index contributed by atoms with van der Waals surface area (Å²) in [5, 5.41) is 21.0. The van der Waals surface area contributed by atoms with Crippen LogP contribution in [0.5, 0.6) is 23.0 Å². The first-order chi connectivity index (χ1) is 11.0. The lowest BCUT2D eigenvalue weighted by Gasteiger charge is -2.14. The molecule has 0 spiro atoms. The van der Waals surface area contributed by atoms with Crippen molar-refractivity contribution in [2.75, 3.05) is 14.2 Å². The van der Waals surface area contributed by atoms with Crippen LogP contribution in [-0.4, -0.2) is 24.4 Å². The van der Waals surface area contributed by atoms with Gasteiger partial charge in [-0.1, -0.05) is 0 Å². The number of hydrogen-bond acceptors (Lipinski definition) is 5. The topological polar surface area (TPSA) is 72.1 Å². The van der Waals surface area contributed by atoms with Gasteiger partial charge in [0.25, 0.3) is 0 Å². The average molecular weight is 314 g/mol. The zero-order valence-electron chi connectivity index (χ0n) is 13.4. The summed E-state index contributed by atoms with van der Waals surface area (Å²) in [6.45, 7) is 3.58. The average Bonchev–Trinajstić information content (AvgIpc) is 2.98. The second-order valence-corrected chi connectivity index (χ2v) is 5.37. The van der Waals surface area contributed by atoms with E-state index in [0.29, 0.717) is 39.5 Å². The number of aryl methyl sites for hydroxylation is 1. The lowest BCUT2D eigenvalue weighted by molar-refractivity contribution is 0.332. The number of ether oxygens (including phenoxy) is 2. The zero-order chi connectivity index (χ0) is 16.7. The molecule has 0 saturated heterocycles. The first-order valence-electron chi connectivity index (χ1n) is 7.15. The number of furan rings is 1. The van der Waals surface area contributed by atoms with Gasteiger partial charge < -0.3 is 24.1 Å². The van der Waals surface area contributed by atoms with Crippen molar-refractivity contribution in [3.63, 3.8) is 0 Å². The van der Waals surface area contributed by atoms with E-state index in [4.69, 9.17) is 13.9 Å². The molecule has 0 aliphatic heterocycles. The van der Waals surface area contributed by atoms with Crippen molar-refractivity contribution in [1.82, 2.24) is 0 Å². The van der Waals surface area contributed by atoms with Crippen LogP contribution < -0.4 is 9.47 Å². The normalized spacial score (nSPS) is 11.0. The second kappa shape index (κ2) is 5.43. The first kappa shape index (κ1) is 15.1. The number of phenolic OH excluding ortho intramolecular Hbond substituents is 2. The van der Waals surface area contributed by atoms with Crippen molar-refractivity contribution in [2.24, 2.45) is 0 Å². The van der Waals surface area contributed by atoms with Gasteiger partial charge in [0.1, 0.15) is 17.1 Å². The molecule has 0 aliphatic rings. The Morgan fingerprint density at radius 3 is 2.35 bits per heavy atom. The summed E-state index contributed by atoms with van der Waals surface area (Å²) in [5.41, 5.74) is 2.63. The van der Waals surface area contributed by atoms with Gasteiger partial charge in [0.05, 0.1) is 14.2 Å². The third-order valence-electron chi connectivity index (χ3n) is 4.07. The van der Waals surface area contributed by atoms with Gasteiger partial charge in [0.15, 0.2) is 11.5 Å². The van der Waals surface area contributed by atoms with Crippen molar-refractivity contribution in [1.29, 1.82) is 0 Å². The molecule has 0 amide bonds. The fraction of sp³-hybridized carbons (Fsp3) is 0.222. The Bertz CT molecular complexity index is 892. The third-order valence-corrected chi connectivity index (χ3v) is 4.07. The Morgan fingerprint density at radius 1 is 0.957 bits per heavy atom. The summed E-state index contributed by atoms with van der Waals surface area (Å²) in [7, 11) is 2.99. The second-order valence-electron chi connectivity index (χ2n) is 5.37. The van der Waals surface area contributed by atoms with Crippen LogP contribution in [0, 0.1) is 13.8 Å². The standard InChI is InChI=1S/C18H18O5/c1-9-12(8-15(21-3)18(22-4)16(9)20)14-7-11-5-6-13(19)10(2)17(11)23-14/h5-8,19-20H,1-4H3. The highest BCUT2D eigenvalue weighted by atomic mass is 16.5. The van der Waals surface area contributed by atoms with Gasteiger partial charge in [-0.2, -0.15) is 0 Å². The maximum Gasteiger partial charge on any atom is 0.203 e. The highest BCUT2D eigenvalue weighted by molar-refractivity contribution is 5.88. The lowest BCUT2D eigenvalue weighted by atomic mass is 10.0. The van der Waals surface area contributed by atoms with E-state index in [1.165, 1.54) is 14.2 Å². The summed E-state index contributed by atoms with van der Waals surface area (Å²) < 4.78 is 16.4. The molecule has 0 fully saturated rings. The van der Waals surface area contributed by atoms with E-state index in [1.807, 2.05) is 6.07 Å². The predicted molar refractivity (Wildman–Crippen MR) is 87.6 cm³/mol. The van der Waals surface area contributed by atoms with Crippen LogP contribution in [0.25, 0.3) is 22.3 Å². The minimum absolute atomic E-state index is 0.0156. The van der Waals surface area contributed by atoms with Crippen molar-refractivity contribution in [2.45, 2.75) is 13.8 Å². The van der Waals surface area contributed by atoms with Gasteiger partial charge >= 0.3 is 0 Å². The van der Waals surface area contributed by atoms with Gasteiger partial charge in [-0.05, 0) is 38.1 Å². The van der Waals surface area contributed by atoms with Crippen molar-refractivity contribution in [3.05, 3.63) is 35.4 Å². The maximum absolute atomic E-state index is 10.3. The molecule has 1 aromatic heterocycles. The maximum atomic E-state index is 10.3. The molecule has 0 unspecified atom stereocenters. The molecular weight excluding hydrogens is 296 g/mol. The molecule has 0 radical (unpaired) electrons. The number of rotatable bonds is 3. The fourth-order valence-electron chi connectivity index (χ4n) is 2.69. The van der Waals surface area contributed by atoms with Crippen LogP contribution in [0.2, 0.25) is 0 Å². The Morgan fingerprint density at radius 2 is 1.70 bits per heavy atom. The molecule has 2 N–H and O–H groups in total. The first-order valence-corrected chi connectivity index (χ1v) is 7.15. The number of hydrogen-bond donors (Lipinski definition) is 2. The number of aromatic hydroxyl groups is 2. The molecule has 2 aromatic carbocycles. The van der Waals surface area contributed by atoms with Crippen LogP contribution in [0.3, 0.4) is 0 Å². The van der Waals surface area contributed by atoms with Gasteiger partial charge in [-0.25, -0.2) is 0 Å². The van der Waals surface area contributed by atoms with Gasteiger partial charge in [-0.15, -0.1) is 0 Å². The summed E-state index contributed by atoms with van der Waals surface area (Å²) in [6.07, 6.45) is 0. The van der Waals surface area contributed by atoms with Crippen molar-refractivity contribution >= 4 is 11.0 Å². The minimum Gasteiger partial charge on any atom is -0.508 e. The van der Waals surface area contributed by atoms with E-state index in [-0.39, 0.29) is 11.5 Å². The number of fused-ring (bicyclic) bond motifs is 1. The highest BCUT2D eigenvalue weighted by Crippen LogP contribution is 2.45. The SMILES string of the molecule is COc1cc(-c2cc3ccc(O)c(C)c3o2)c(C)c(O)c1OC. The van der Waals surface area contributed by atoms with Crippen LogP contribution in [-0.2, 0) is 0 Å². The molecule has 3 rings (SSSR count). The quantitative estimate of drug-likeness (QED) is 0.760. The largest absolute Gasteiger partial charge is 0.508 e. The Labute approximate surface area is 133 Å². The third kappa shape index (κ3) is 2.25. The van der Waals surface area contributed by atoms with Crippen molar-refractivity contribution < 1.29 is 24.1 Å². The molecule has 1 heterocycles.